The van der Waals surface area contributed by atoms with Gasteiger partial charge in [0.2, 0.25) is 0 Å². The SMILES string of the molecule is CN=NC1CCCCC1. The van der Waals surface area contributed by atoms with Gasteiger partial charge in [0.05, 0.1) is 6.04 Å². The second kappa shape index (κ2) is 3.59. The van der Waals surface area contributed by atoms with Crippen LogP contribution in [0.4, 0.5) is 0 Å². The van der Waals surface area contributed by atoms with Crippen molar-refractivity contribution in [2.75, 3.05) is 7.05 Å². The molecule has 1 fully saturated rings. The fourth-order valence-corrected chi connectivity index (χ4v) is 1.36. The number of nitrogens with zero attached hydrogens (tertiary/aromatic N) is 2. The normalized spacial score (nSPS) is 23.2. The molecule has 0 unspecified atom stereocenters. The van der Waals surface area contributed by atoms with Crippen molar-refractivity contribution < 1.29 is 0 Å². The van der Waals surface area contributed by atoms with Gasteiger partial charge in [-0.05, 0) is 12.8 Å². The molecule has 0 aliphatic heterocycles. The third-order valence-corrected chi connectivity index (χ3v) is 1.85. The third-order valence-electron chi connectivity index (χ3n) is 1.85. The van der Waals surface area contributed by atoms with Crippen molar-refractivity contribution in [2.45, 2.75) is 38.1 Å². The molecular weight excluding hydrogens is 112 g/mol. The molecule has 52 valence electrons. The Hall–Kier alpha value is -0.400. The lowest BCUT2D eigenvalue weighted by Crippen LogP contribution is -2.08. The summed E-state index contributed by atoms with van der Waals surface area (Å²) in [6.45, 7) is 0. The van der Waals surface area contributed by atoms with Gasteiger partial charge in [0.15, 0.2) is 0 Å². The van der Waals surface area contributed by atoms with Crippen LogP contribution >= 0.6 is 0 Å². The Labute approximate surface area is 56.4 Å². The lowest BCUT2D eigenvalue weighted by molar-refractivity contribution is 0.431. The van der Waals surface area contributed by atoms with Crippen LogP contribution in [0.1, 0.15) is 32.1 Å². The van der Waals surface area contributed by atoms with Crippen molar-refractivity contribution in [3.63, 3.8) is 0 Å². The van der Waals surface area contributed by atoms with Crippen LogP contribution in [0.5, 0.6) is 0 Å². The molecule has 1 rings (SSSR count). The Morgan fingerprint density at radius 2 is 1.78 bits per heavy atom. The highest BCUT2D eigenvalue weighted by atomic mass is 15.1. The van der Waals surface area contributed by atoms with Crippen molar-refractivity contribution in [3.05, 3.63) is 0 Å². The summed E-state index contributed by atoms with van der Waals surface area (Å²) >= 11 is 0. The Morgan fingerprint density at radius 3 is 2.33 bits per heavy atom. The number of hydrogen-bond donors (Lipinski definition) is 0. The minimum Gasteiger partial charge on any atom is -0.197 e. The molecule has 0 radical (unpaired) electrons. The molecule has 0 bridgehead atoms. The van der Waals surface area contributed by atoms with Crippen LogP contribution in [0.25, 0.3) is 0 Å². The van der Waals surface area contributed by atoms with Gasteiger partial charge in [-0.1, -0.05) is 19.3 Å². The van der Waals surface area contributed by atoms with E-state index in [2.05, 4.69) is 10.2 Å². The van der Waals surface area contributed by atoms with E-state index in [-0.39, 0.29) is 0 Å². The topological polar surface area (TPSA) is 24.7 Å². The average Bonchev–Trinajstić information content (AvgIpc) is 1.91. The van der Waals surface area contributed by atoms with E-state index < -0.39 is 0 Å². The van der Waals surface area contributed by atoms with Gasteiger partial charge in [-0.15, -0.1) is 0 Å². The molecule has 0 aromatic rings. The Bertz CT molecular complexity index is 93.1. The molecule has 0 aromatic carbocycles. The zero-order valence-electron chi connectivity index (χ0n) is 6.01. The Balaban J connectivity index is 2.23. The van der Waals surface area contributed by atoms with Gasteiger partial charge in [-0.3, -0.25) is 0 Å². The molecule has 0 N–H and O–H groups in total. The first kappa shape index (κ1) is 6.72. The van der Waals surface area contributed by atoms with Crippen LogP contribution in [-0.2, 0) is 0 Å². The first-order valence-electron chi connectivity index (χ1n) is 3.72. The van der Waals surface area contributed by atoms with E-state index in [4.69, 9.17) is 0 Å². The fourth-order valence-electron chi connectivity index (χ4n) is 1.36. The molecule has 1 aliphatic carbocycles. The van der Waals surface area contributed by atoms with E-state index >= 15 is 0 Å². The summed E-state index contributed by atoms with van der Waals surface area (Å²) in [7, 11) is 1.76. The molecule has 0 amide bonds. The number of rotatable bonds is 1. The first-order valence-corrected chi connectivity index (χ1v) is 3.72. The van der Waals surface area contributed by atoms with E-state index in [9.17, 15) is 0 Å². The van der Waals surface area contributed by atoms with E-state index in [1.165, 1.54) is 32.1 Å². The summed E-state index contributed by atoms with van der Waals surface area (Å²) < 4.78 is 0. The Kier molecular flexibility index (Phi) is 2.68. The minimum atomic E-state index is 0.559. The lowest BCUT2D eigenvalue weighted by atomic mass is 9.96. The molecule has 1 saturated carbocycles. The van der Waals surface area contributed by atoms with Crippen molar-refractivity contribution in [1.29, 1.82) is 0 Å². The zero-order valence-corrected chi connectivity index (χ0v) is 6.01. The van der Waals surface area contributed by atoms with Gasteiger partial charge in [0.25, 0.3) is 0 Å². The van der Waals surface area contributed by atoms with Crippen LogP contribution in [0.3, 0.4) is 0 Å². The molecule has 0 saturated heterocycles. The van der Waals surface area contributed by atoms with Crippen LogP contribution in [0, 0.1) is 0 Å². The maximum Gasteiger partial charge on any atom is 0.0708 e. The standard InChI is InChI=1S/C7H14N2/c1-8-9-7-5-3-2-4-6-7/h7H,2-6H2,1H3. The van der Waals surface area contributed by atoms with Gasteiger partial charge in [0, 0.05) is 7.05 Å². The van der Waals surface area contributed by atoms with Crippen molar-refractivity contribution >= 4 is 0 Å². The quantitative estimate of drug-likeness (QED) is 0.482. The van der Waals surface area contributed by atoms with E-state index in [1.54, 1.807) is 7.05 Å². The molecule has 9 heavy (non-hydrogen) atoms. The molecule has 1 aliphatic rings. The summed E-state index contributed by atoms with van der Waals surface area (Å²) in [6.07, 6.45) is 6.62. The van der Waals surface area contributed by atoms with Gasteiger partial charge >= 0.3 is 0 Å². The second-order valence-electron chi connectivity index (χ2n) is 2.61. The number of hydrogen-bond acceptors (Lipinski definition) is 2. The highest BCUT2D eigenvalue weighted by Crippen LogP contribution is 2.19. The highest BCUT2D eigenvalue weighted by molar-refractivity contribution is 4.69. The summed E-state index contributed by atoms with van der Waals surface area (Å²) in [5, 5.41) is 7.89. The van der Waals surface area contributed by atoms with Crippen molar-refractivity contribution in [1.82, 2.24) is 0 Å². The molecule has 0 aromatic heterocycles. The average molecular weight is 126 g/mol. The van der Waals surface area contributed by atoms with Crippen LogP contribution in [-0.4, -0.2) is 13.1 Å². The second-order valence-corrected chi connectivity index (χ2v) is 2.61. The van der Waals surface area contributed by atoms with Crippen molar-refractivity contribution in [3.8, 4) is 0 Å². The van der Waals surface area contributed by atoms with Crippen LogP contribution in [0.15, 0.2) is 10.2 Å². The summed E-state index contributed by atoms with van der Waals surface area (Å²) in [5.41, 5.74) is 0. The summed E-state index contributed by atoms with van der Waals surface area (Å²) in [6, 6.07) is 0.559. The largest absolute Gasteiger partial charge is 0.197 e. The lowest BCUT2D eigenvalue weighted by Gasteiger charge is -2.15. The van der Waals surface area contributed by atoms with E-state index in [0.717, 1.165) is 0 Å². The molecule has 0 spiro atoms. The maximum atomic E-state index is 4.11. The van der Waals surface area contributed by atoms with Gasteiger partial charge < -0.3 is 0 Å². The third kappa shape index (κ3) is 2.12. The zero-order chi connectivity index (χ0) is 6.53. The smallest absolute Gasteiger partial charge is 0.0708 e. The van der Waals surface area contributed by atoms with Gasteiger partial charge in [0.1, 0.15) is 0 Å². The van der Waals surface area contributed by atoms with Gasteiger partial charge in [-0.2, -0.15) is 10.2 Å². The fraction of sp³-hybridized carbons (Fsp3) is 1.00. The molecule has 2 heteroatoms. The predicted molar refractivity (Wildman–Crippen MR) is 37.7 cm³/mol. The monoisotopic (exact) mass is 126 g/mol. The van der Waals surface area contributed by atoms with Crippen LogP contribution < -0.4 is 0 Å². The highest BCUT2D eigenvalue weighted by Gasteiger charge is 2.10. The van der Waals surface area contributed by atoms with Crippen LogP contribution in [0.2, 0.25) is 0 Å². The van der Waals surface area contributed by atoms with Gasteiger partial charge in [-0.25, -0.2) is 0 Å². The molecule has 2 nitrogen and oxygen atoms in total. The first-order chi connectivity index (χ1) is 4.43. The van der Waals surface area contributed by atoms with E-state index in [1.807, 2.05) is 0 Å². The maximum absolute atomic E-state index is 4.11. The van der Waals surface area contributed by atoms with E-state index in [0.29, 0.717) is 6.04 Å². The van der Waals surface area contributed by atoms with Crippen molar-refractivity contribution in [2.24, 2.45) is 10.2 Å². The molecule has 0 atom stereocenters. The summed E-state index contributed by atoms with van der Waals surface area (Å²) in [4.78, 5) is 0. The Morgan fingerprint density at radius 1 is 1.11 bits per heavy atom. The predicted octanol–water partition coefficient (Wildman–Crippen LogP) is 2.40. The molecule has 0 heterocycles. The minimum absolute atomic E-state index is 0.559. The summed E-state index contributed by atoms with van der Waals surface area (Å²) in [5.74, 6) is 0. The molecular formula is C7H14N2. The number of azo groups is 1.